The summed E-state index contributed by atoms with van der Waals surface area (Å²) < 4.78 is 24.4. The maximum Gasteiger partial charge on any atom is 0.127 e. The van der Waals surface area contributed by atoms with Crippen LogP contribution in [0.4, 0.5) is 8.78 Å². The van der Waals surface area contributed by atoms with Crippen LogP contribution in [0.5, 0.6) is 0 Å². The van der Waals surface area contributed by atoms with E-state index >= 15 is 0 Å². The van der Waals surface area contributed by atoms with E-state index in [1.807, 2.05) is 0 Å². The molecule has 0 saturated heterocycles. The van der Waals surface area contributed by atoms with Crippen LogP contribution in [0.2, 0.25) is 0 Å². The normalized spacial score (nSPS) is 8.90. The molecule has 0 bridgehead atoms. The molecule has 0 N–H and O–H groups in total. The maximum atomic E-state index is 12.2. The number of hydrogen-bond donors (Lipinski definition) is 0. The van der Waals surface area contributed by atoms with Gasteiger partial charge in [-0.2, -0.15) is 5.26 Å². The highest BCUT2D eigenvalue weighted by Gasteiger charge is 1.97. The average molecular weight is 139 g/mol. The second-order valence-electron chi connectivity index (χ2n) is 1.77. The van der Waals surface area contributed by atoms with E-state index in [1.165, 1.54) is 0 Å². The molecule has 0 aliphatic carbocycles. The number of halogens is 2. The predicted octanol–water partition coefficient (Wildman–Crippen LogP) is 1.84. The predicted molar refractivity (Wildman–Crippen MR) is 31.1 cm³/mol. The highest BCUT2D eigenvalue weighted by molar-refractivity contribution is 5.29. The van der Waals surface area contributed by atoms with Gasteiger partial charge in [0.2, 0.25) is 0 Å². The highest BCUT2D eigenvalue weighted by Crippen LogP contribution is 2.05. The van der Waals surface area contributed by atoms with Crippen LogP contribution in [-0.4, -0.2) is 0 Å². The van der Waals surface area contributed by atoms with Crippen LogP contribution < -0.4 is 0 Å². The zero-order valence-electron chi connectivity index (χ0n) is 4.94. The molecule has 1 aromatic carbocycles. The van der Waals surface area contributed by atoms with Gasteiger partial charge in [0.15, 0.2) is 0 Å². The molecule has 0 amide bonds. The molecule has 3 heteroatoms. The molecular weight excluding hydrogens is 136 g/mol. The standard InChI is InChI=1S/C7H3F2N/c8-6-1-5(4-10)2-7(9)3-6/h1-3H/i10+0. The molecule has 0 aliphatic rings. The van der Waals surface area contributed by atoms with Gasteiger partial charge in [0.25, 0.3) is 0 Å². The molecule has 0 unspecified atom stereocenters. The van der Waals surface area contributed by atoms with Crippen molar-refractivity contribution in [2.75, 3.05) is 0 Å². The zero-order valence-corrected chi connectivity index (χ0v) is 4.94. The number of nitrogens with zero attached hydrogens (tertiary/aromatic N) is 1. The van der Waals surface area contributed by atoms with E-state index in [4.69, 9.17) is 5.26 Å². The van der Waals surface area contributed by atoms with E-state index in [2.05, 4.69) is 0 Å². The lowest BCUT2D eigenvalue weighted by Gasteiger charge is -1.89. The molecule has 0 aliphatic heterocycles. The number of hydrogen-bond acceptors (Lipinski definition) is 1. The topological polar surface area (TPSA) is 23.8 Å². The first-order valence-corrected chi connectivity index (χ1v) is 2.58. The molecule has 10 heavy (non-hydrogen) atoms. The quantitative estimate of drug-likeness (QED) is 0.538. The Labute approximate surface area is 56.5 Å². The lowest BCUT2D eigenvalue weighted by atomic mass is 10.2. The van der Waals surface area contributed by atoms with E-state index in [0.29, 0.717) is 0 Å². The molecule has 0 saturated carbocycles. The lowest BCUT2D eigenvalue weighted by molar-refractivity contribution is 0.582. The molecule has 1 rings (SSSR count). The second-order valence-corrected chi connectivity index (χ2v) is 1.77. The van der Waals surface area contributed by atoms with Gasteiger partial charge in [0.1, 0.15) is 11.6 Å². The van der Waals surface area contributed by atoms with Gasteiger partial charge < -0.3 is 0 Å². The molecule has 0 aromatic heterocycles. The van der Waals surface area contributed by atoms with E-state index in [9.17, 15) is 8.78 Å². The molecule has 0 fully saturated rings. The van der Waals surface area contributed by atoms with E-state index < -0.39 is 11.6 Å². The van der Waals surface area contributed by atoms with Crippen LogP contribution in [0.15, 0.2) is 18.2 Å². The van der Waals surface area contributed by atoms with Crippen molar-refractivity contribution in [3.8, 4) is 6.07 Å². The van der Waals surface area contributed by atoms with Gasteiger partial charge in [-0.05, 0) is 12.1 Å². The minimum Gasteiger partial charge on any atom is -0.207 e. The Morgan fingerprint density at radius 1 is 1.10 bits per heavy atom. The molecule has 0 heterocycles. The Morgan fingerprint density at radius 2 is 1.60 bits per heavy atom. The van der Waals surface area contributed by atoms with Crippen molar-refractivity contribution in [2.24, 2.45) is 0 Å². The fraction of sp³-hybridized carbons (Fsp3) is 0. The monoisotopic (exact) mass is 139 g/mol. The maximum absolute atomic E-state index is 12.2. The third-order valence-electron chi connectivity index (χ3n) is 0.992. The van der Waals surface area contributed by atoms with Crippen LogP contribution in [0.3, 0.4) is 0 Å². The lowest BCUT2D eigenvalue weighted by Crippen LogP contribution is -1.81. The molecule has 50 valence electrons. The van der Waals surface area contributed by atoms with E-state index in [0.717, 1.165) is 18.2 Å². The Morgan fingerprint density at radius 3 is 2.00 bits per heavy atom. The molecule has 1 aromatic rings. The van der Waals surface area contributed by atoms with Gasteiger partial charge >= 0.3 is 0 Å². The second kappa shape index (κ2) is 2.44. The van der Waals surface area contributed by atoms with Crippen molar-refractivity contribution in [3.63, 3.8) is 0 Å². The van der Waals surface area contributed by atoms with Crippen LogP contribution in [0.25, 0.3) is 0 Å². The van der Waals surface area contributed by atoms with Crippen molar-refractivity contribution in [2.45, 2.75) is 0 Å². The van der Waals surface area contributed by atoms with Crippen molar-refractivity contribution < 1.29 is 8.78 Å². The Bertz CT molecular complexity index is 268. The highest BCUT2D eigenvalue weighted by atomic mass is 19.1. The number of nitriles is 1. The van der Waals surface area contributed by atoms with Gasteiger partial charge in [-0.1, -0.05) is 0 Å². The summed E-state index contributed by atoms with van der Waals surface area (Å²) in [5.74, 6) is -1.45. The third kappa shape index (κ3) is 1.29. The molecule has 0 atom stereocenters. The zero-order chi connectivity index (χ0) is 7.56. The van der Waals surface area contributed by atoms with Gasteiger partial charge in [-0.25, -0.2) is 8.78 Å². The SMILES string of the molecule is [14N]#Cc1cc(F)cc(F)c1. The van der Waals surface area contributed by atoms with Crippen LogP contribution in [-0.2, 0) is 0 Å². The molecule has 0 radical (unpaired) electrons. The summed E-state index contributed by atoms with van der Waals surface area (Å²) in [5.41, 5.74) is -0.00231. The van der Waals surface area contributed by atoms with Crippen molar-refractivity contribution in [1.82, 2.24) is 0 Å². The van der Waals surface area contributed by atoms with Gasteiger partial charge in [-0.3, -0.25) is 0 Å². The van der Waals surface area contributed by atoms with Gasteiger partial charge in [-0.15, -0.1) is 0 Å². The summed E-state index contributed by atoms with van der Waals surface area (Å²) >= 11 is 0. The van der Waals surface area contributed by atoms with Crippen LogP contribution in [0, 0.1) is 23.0 Å². The Balaban J connectivity index is 3.22. The van der Waals surface area contributed by atoms with Gasteiger partial charge in [0.05, 0.1) is 11.6 Å². The summed E-state index contributed by atoms with van der Waals surface area (Å²) in [6, 6.07) is 4.30. The Hall–Kier alpha value is -1.43. The summed E-state index contributed by atoms with van der Waals surface area (Å²) in [6.45, 7) is 0. The summed E-state index contributed by atoms with van der Waals surface area (Å²) in [6.07, 6.45) is 0. The fourth-order valence-electron chi connectivity index (χ4n) is 0.618. The Kier molecular flexibility index (Phi) is 1.63. The number of rotatable bonds is 0. The van der Waals surface area contributed by atoms with Crippen molar-refractivity contribution in [1.29, 1.82) is 5.26 Å². The summed E-state index contributed by atoms with van der Waals surface area (Å²) in [4.78, 5) is 0. The van der Waals surface area contributed by atoms with E-state index in [-0.39, 0.29) is 5.56 Å². The van der Waals surface area contributed by atoms with Crippen molar-refractivity contribution in [3.05, 3.63) is 35.4 Å². The molecule has 0 spiro atoms. The summed E-state index contributed by atoms with van der Waals surface area (Å²) in [7, 11) is 0. The third-order valence-corrected chi connectivity index (χ3v) is 0.992. The minimum absolute atomic E-state index is 0.00231. The van der Waals surface area contributed by atoms with Crippen molar-refractivity contribution >= 4 is 0 Å². The molecular formula is C7H3F2N. The largest absolute Gasteiger partial charge is 0.207 e. The first-order valence-electron chi connectivity index (χ1n) is 2.58. The molecule has 1 nitrogen and oxygen atoms in total. The van der Waals surface area contributed by atoms with E-state index in [1.54, 1.807) is 6.07 Å². The fourth-order valence-corrected chi connectivity index (χ4v) is 0.618. The summed E-state index contributed by atoms with van der Waals surface area (Å²) in [5, 5.41) is 8.20. The average Bonchev–Trinajstić information content (AvgIpc) is 1.85. The first-order chi connectivity index (χ1) is 4.72. The first kappa shape index (κ1) is 6.69. The van der Waals surface area contributed by atoms with Crippen LogP contribution in [0.1, 0.15) is 5.56 Å². The van der Waals surface area contributed by atoms with Crippen LogP contribution >= 0.6 is 0 Å². The smallest absolute Gasteiger partial charge is 0.127 e. The minimum atomic E-state index is -0.725. The van der Waals surface area contributed by atoms with Gasteiger partial charge in [0, 0.05) is 6.07 Å². The number of benzene rings is 1.